The van der Waals surface area contributed by atoms with Gasteiger partial charge in [-0.2, -0.15) is 0 Å². The molecule has 0 fully saturated rings. The highest BCUT2D eigenvalue weighted by atomic mass is 16.5. The maximum absolute atomic E-state index is 12.0. The summed E-state index contributed by atoms with van der Waals surface area (Å²) in [4.78, 5) is 23.7. The number of fused-ring (bicyclic) bond motifs is 1. The average molecular weight is 383 g/mol. The number of esters is 1. The van der Waals surface area contributed by atoms with E-state index in [2.05, 4.69) is 5.32 Å². The van der Waals surface area contributed by atoms with E-state index in [4.69, 9.17) is 14.2 Å². The Kier molecular flexibility index (Phi) is 6.89. The van der Waals surface area contributed by atoms with E-state index >= 15 is 0 Å². The van der Waals surface area contributed by atoms with Crippen molar-refractivity contribution in [2.45, 2.75) is 32.6 Å². The topological polar surface area (TPSA) is 73.9 Å². The predicted molar refractivity (Wildman–Crippen MR) is 106 cm³/mol. The number of aryl methyl sites for hydroxylation is 2. The van der Waals surface area contributed by atoms with E-state index in [1.54, 1.807) is 24.3 Å². The van der Waals surface area contributed by atoms with Crippen LogP contribution < -0.4 is 14.8 Å². The van der Waals surface area contributed by atoms with Crippen molar-refractivity contribution < 1.29 is 23.8 Å². The second-order valence-corrected chi connectivity index (χ2v) is 6.55. The molecule has 0 saturated carbocycles. The third-order valence-electron chi connectivity index (χ3n) is 4.46. The molecular formula is C22H25NO5. The van der Waals surface area contributed by atoms with Crippen LogP contribution in [0.5, 0.6) is 11.5 Å². The van der Waals surface area contributed by atoms with Crippen molar-refractivity contribution in [2.75, 3.05) is 25.1 Å². The molecular weight excluding hydrogens is 358 g/mol. The molecule has 3 rings (SSSR count). The van der Waals surface area contributed by atoms with Gasteiger partial charge in [-0.25, -0.2) is 0 Å². The third kappa shape index (κ3) is 5.74. The lowest BCUT2D eigenvalue weighted by Crippen LogP contribution is -2.21. The molecule has 2 aromatic rings. The Morgan fingerprint density at radius 2 is 1.68 bits per heavy atom. The molecule has 1 amide bonds. The van der Waals surface area contributed by atoms with Crippen molar-refractivity contribution in [3.05, 3.63) is 53.6 Å². The summed E-state index contributed by atoms with van der Waals surface area (Å²) in [6.45, 7) is 2.40. The molecule has 0 atom stereocenters. The van der Waals surface area contributed by atoms with E-state index < -0.39 is 5.97 Å². The van der Waals surface area contributed by atoms with Gasteiger partial charge >= 0.3 is 5.97 Å². The molecule has 1 aliphatic carbocycles. The van der Waals surface area contributed by atoms with Gasteiger partial charge in [0.1, 0.15) is 11.5 Å². The Labute approximate surface area is 164 Å². The molecule has 0 spiro atoms. The van der Waals surface area contributed by atoms with Gasteiger partial charge in [0.05, 0.1) is 19.6 Å². The van der Waals surface area contributed by atoms with Gasteiger partial charge in [-0.3, -0.25) is 9.59 Å². The Bertz CT molecular complexity index is 816. The van der Waals surface area contributed by atoms with Gasteiger partial charge in [0, 0.05) is 5.69 Å². The van der Waals surface area contributed by atoms with Crippen LogP contribution in [0.2, 0.25) is 0 Å². The minimum atomic E-state index is -0.477. The predicted octanol–water partition coefficient (Wildman–Crippen LogP) is 3.52. The van der Waals surface area contributed by atoms with E-state index in [-0.39, 0.29) is 25.5 Å². The molecule has 0 aliphatic heterocycles. The van der Waals surface area contributed by atoms with Crippen molar-refractivity contribution in [1.82, 2.24) is 0 Å². The highest BCUT2D eigenvalue weighted by Gasteiger charge is 2.13. The zero-order chi connectivity index (χ0) is 19.8. The molecule has 0 unspecified atom stereocenters. The van der Waals surface area contributed by atoms with Crippen LogP contribution in [0.15, 0.2) is 42.5 Å². The smallest absolute Gasteiger partial charge is 0.309 e. The van der Waals surface area contributed by atoms with Gasteiger partial charge in [0.25, 0.3) is 5.91 Å². The number of hydrogen-bond acceptors (Lipinski definition) is 5. The second-order valence-electron chi connectivity index (χ2n) is 6.55. The van der Waals surface area contributed by atoms with Crippen LogP contribution in [-0.2, 0) is 27.2 Å². The molecule has 0 aromatic heterocycles. The standard InChI is InChI=1S/C22H25NO5/c1-2-26-19-8-10-20(11-9-19)27-13-12-22(25)28-15-21(24)23-18-7-6-16-4-3-5-17(16)14-18/h6-11,14H,2-5,12-13,15H2,1H3,(H,23,24). The summed E-state index contributed by atoms with van der Waals surface area (Å²) in [5, 5.41) is 2.77. The molecule has 1 aliphatic rings. The number of amides is 1. The molecule has 1 N–H and O–H groups in total. The van der Waals surface area contributed by atoms with Crippen molar-refractivity contribution in [2.24, 2.45) is 0 Å². The molecule has 6 nitrogen and oxygen atoms in total. The number of ether oxygens (including phenoxy) is 3. The Hall–Kier alpha value is -3.02. The maximum atomic E-state index is 12.0. The van der Waals surface area contributed by atoms with Gasteiger partial charge in [-0.15, -0.1) is 0 Å². The number of hydrogen-bond donors (Lipinski definition) is 1. The van der Waals surface area contributed by atoms with Crippen LogP contribution in [0, 0.1) is 0 Å². The summed E-state index contributed by atoms with van der Waals surface area (Å²) in [6, 6.07) is 13.1. The zero-order valence-corrected chi connectivity index (χ0v) is 16.0. The first-order valence-electron chi connectivity index (χ1n) is 9.57. The number of carbonyl (C=O) groups excluding carboxylic acids is 2. The van der Waals surface area contributed by atoms with E-state index in [0.717, 1.165) is 30.7 Å². The SMILES string of the molecule is CCOc1ccc(OCCC(=O)OCC(=O)Nc2ccc3c(c2)CCC3)cc1. The monoisotopic (exact) mass is 383 g/mol. The summed E-state index contributed by atoms with van der Waals surface area (Å²) < 4.78 is 15.9. The highest BCUT2D eigenvalue weighted by Crippen LogP contribution is 2.24. The summed E-state index contributed by atoms with van der Waals surface area (Å²) in [5.74, 6) is 0.586. The summed E-state index contributed by atoms with van der Waals surface area (Å²) in [6.07, 6.45) is 3.37. The zero-order valence-electron chi connectivity index (χ0n) is 16.0. The molecule has 28 heavy (non-hydrogen) atoms. The van der Waals surface area contributed by atoms with E-state index in [0.29, 0.717) is 12.4 Å². The molecule has 6 heteroatoms. The van der Waals surface area contributed by atoms with E-state index in [1.165, 1.54) is 11.1 Å². The lowest BCUT2D eigenvalue weighted by molar-refractivity contribution is -0.147. The number of rotatable bonds is 9. The first kappa shape index (κ1) is 19.7. The lowest BCUT2D eigenvalue weighted by atomic mass is 10.1. The fraction of sp³-hybridized carbons (Fsp3) is 0.364. The molecule has 0 saturated heterocycles. The van der Waals surface area contributed by atoms with Crippen LogP contribution in [0.1, 0.15) is 30.9 Å². The molecule has 0 bridgehead atoms. The van der Waals surface area contributed by atoms with Gasteiger partial charge in [-0.05, 0) is 73.7 Å². The average Bonchev–Trinajstić information content (AvgIpc) is 3.16. The lowest BCUT2D eigenvalue weighted by Gasteiger charge is -2.09. The quantitative estimate of drug-likeness (QED) is 0.671. The minimum absolute atomic E-state index is 0.0688. The highest BCUT2D eigenvalue weighted by molar-refractivity contribution is 5.92. The van der Waals surface area contributed by atoms with Gasteiger partial charge in [0.2, 0.25) is 0 Å². The van der Waals surface area contributed by atoms with Crippen molar-refractivity contribution in [1.29, 1.82) is 0 Å². The van der Waals surface area contributed by atoms with Gasteiger partial charge < -0.3 is 19.5 Å². The fourth-order valence-electron chi connectivity index (χ4n) is 3.12. The van der Waals surface area contributed by atoms with Crippen molar-refractivity contribution >= 4 is 17.6 Å². The largest absolute Gasteiger partial charge is 0.494 e. The summed E-state index contributed by atoms with van der Waals surface area (Å²) >= 11 is 0. The first-order valence-corrected chi connectivity index (χ1v) is 9.57. The van der Waals surface area contributed by atoms with Crippen molar-refractivity contribution in [3.8, 4) is 11.5 Å². The summed E-state index contributed by atoms with van der Waals surface area (Å²) in [5.41, 5.74) is 3.36. The Morgan fingerprint density at radius 3 is 2.43 bits per heavy atom. The van der Waals surface area contributed by atoms with Crippen molar-refractivity contribution in [3.63, 3.8) is 0 Å². The number of anilines is 1. The maximum Gasteiger partial charge on any atom is 0.309 e. The fourth-order valence-corrected chi connectivity index (χ4v) is 3.12. The Morgan fingerprint density at radius 1 is 0.964 bits per heavy atom. The normalized spacial score (nSPS) is 12.2. The van der Waals surface area contributed by atoms with Gasteiger partial charge in [0.15, 0.2) is 6.61 Å². The number of benzene rings is 2. The third-order valence-corrected chi connectivity index (χ3v) is 4.46. The second kappa shape index (κ2) is 9.78. The Balaban J connectivity index is 1.34. The van der Waals surface area contributed by atoms with Crippen LogP contribution in [0.3, 0.4) is 0 Å². The number of carbonyl (C=O) groups is 2. The molecule has 0 radical (unpaired) electrons. The van der Waals surface area contributed by atoms with Crippen LogP contribution in [-0.4, -0.2) is 31.7 Å². The van der Waals surface area contributed by atoms with E-state index in [9.17, 15) is 9.59 Å². The molecule has 2 aromatic carbocycles. The van der Waals surface area contributed by atoms with E-state index in [1.807, 2.05) is 25.1 Å². The van der Waals surface area contributed by atoms with Crippen LogP contribution in [0.25, 0.3) is 0 Å². The molecule has 0 heterocycles. The molecule has 148 valence electrons. The minimum Gasteiger partial charge on any atom is -0.494 e. The van der Waals surface area contributed by atoms with Crippen LogP contribution >= 0.6 is 0 Å². The number of nitrogens with one attached hydrogen (secondary N) is 1. The first-order chi connectivity index (χ1) is 13.6. The van der Waals surface area contributed by atoms with Gasteiger partial charge in [-0.1, -0.05) is 6.07 Å². The summed E-state index contributed by atoms with van der Waals surface area (Å²) in [7, 11) is 0. The van der Waals surface area contributed by atoms with Crippen LogP contribution in [0.4, 0.5) is 5.69 Å².